The molecule has 2 aliphatic carbocycles. The molecule has 4 nitrogen and oxygen atoms in total. The van der Waals surface area contributed by atoms with E-state index in [1.165, 1.54) is 25.7 Å². The summed E-state index contributed by atoms with van der Waals surface area (Å²) in [7, 11) is 0. The van der Waals surface area contributed by atoms with Crippen LogP contribution in [0, 0.1) is 11.8 Å². The fourth-order valence-corrected chi connectivity index (χ4v) is 4.20. The zero-order chi connectivity index (χ0) is 14.4. The number of carboxylic acids is 1. The van der Waals surface area contributed by atoms with Gasteiger partial charge in [0, 0.05) is 11.6 Å². The van der Waals surface area contributed by atoms with E-state index in [0.29, 0.717) is 12.0 Å². The first-order valence-corrected chi connectivity index (χ1v) is 7.59. The van der Waals surface area contributed by atoms with Crippen LogP contribution in [0.1, 0.15) is 42.2 Å². The van der Waals surface area contributed by atoms with Gasteiger partial charge in [-0.25, -0.2) is 9.78 Å². The number of benzene rings is 1. The van der Waals surface area contributed by atoms with Crippen LogP contribution in [0.4, 0.5) is 0 Å². The van der Waals surface area contributed by atoms with E-state index in [-0.39, 0.29) is 5.69 Å². The predicted molar refractivity (Wildman–Crippen MR) is 79.1 cm³/mol. The Morgan fingerprint density at radius 1 is 1.19 bits per heavy atom. The Bertz CT molecular complexity index is 677. The molecule has 2 aliphatic rings. The molecule has 4 rings (SSSR count). The zero-order valence-electron chi connectivity index (χ0n) is 11.8. The molecule has 21 heavy (non-hydrogen) atoms. The molecule has 0 radical (unpaired) electrons. The quantitative estimate of drug-likeness (QED) is 0.935. The second-order valence-corrected chi connectivity index (χ2v) is 6.26. The maximum absolute atomic E-state index is 11.5. The number of aromatic nitrogens is 2. The monoisotopic (exact) mass is 282 g/mol. The molecule has 2 bridgehead atoms. The number of imidazole rings is 1. The molecule has 2 fully saturated rings. The van der Waals surface area contributed by atoms with Gasteiger partial charge in [-0.05, 0) is 31.1 Å². The fraction of sp³-hybridized carbons (Fsp3) is 0.412. The molecule has 1 heterocycles. The number of hydrogen-bond acceptors (Lipinski definition) is 2. The summed E-state index contributed by atoms with van der Waals surface area (Å²) in [6.45, 7) is 0. The minimum Gasteiger partial charge on any atom is -0.476 e. The molecule has 1 N–H and O–H groups in total. The Labute approximate surface area is 123 Å². The van der Waals surface area contributed by atoms with E-state index in [9.17, 15) is 9.90 Å². The van der Waals surface area contributed by atoms with Crippen molar-refractivity contribution in [1.82, 2.24) is 9.55 Å². The first-order chi connectivity index (χ1) is 10.2. The van der Waals surface area contributed by atoms with E-state index < -0.39 is 5.97 Å². The van der Waals surface area contributed by atoms with Crippen LogP contribution in [0.25, 0.3) is 11.3 Å². The van der Waals surface area contributed by atoms with Gasteiger partial charge >= 0.3 is 5.97 Å². The minimum atomic E-state index is -0.948. The summed E-state index contributed by atoms with van der Waals surface area (Å²) in [5.74, 6) is 0.559. The number of aromatic carboxylic acids is 1. The van der Waals surface area contributed by atoms with Gasteiger partial charge in [-0.2, -0.15) is 0 Å². The topological polar surface area (TPSA) is 55.1 Å². The fourth-order valence-electron chi connectivity index (χ4n) is 4.20. The van der Waals surface area contributed by atoms with Crippen LogP contribution in [-0.4, -0.2) is 20.6 Å². The highest BCUT2D eigenvalue weighted by atomic mass is 16.4. The predicted octanol–water partition coefficient (Wildman–Crippen LogP) is 3.61. The van der Waals surface area contributed by atoms with Gasteiger partial charge < -0.3 is 9.67 Å². The van der Waals surface area contributed by atoms with Crippen molar-refractivity contribution in [3.05, 3.63) is 42.4 Å². The van der Waals surface area contributed by atoms with Crippen LogP contribution in [0.2, 0.25) is 0 Å². The summed E-state index contributed by atoms with van der Waals surface area (Å²) in [4.78, 5) is 15.7. The van der Waals surface area contributed by atoms with E-state index >= 15 is 0 Å². The van der Waals surface area contributed by atoms with E-state index in [1.807, 2.05) is 30.3 Å². The Morgan fingerprint density at radius 3 is 2.62 bits per heavy atom. The maximum Gasteiger partial charge on any atom is 0.356 e. The van der Waals surface area contributed by atoms with Gasteiger partial charge in [-0.3, -0.25) is 0 Å². The van der Waals surface area contributed by atoms with E-state index in [2.05, 4.69) is 9.55 Å². The number of nitrogens with zero attached hydrogens (tertiary/aromatic N) is 2. The molecule has 108 valence electrons. The van der Waals surface area contributed by atoms with E-state index in [0.717, 1.165) is 17.2 Å². The summed E-state index contributed by atoms with van der Waals surface area (Å²) in [6, 6.07) is 10.2. The molecule has 0 amide bonds. The average Bonchev–Trinajstić information content (AvgIpc) is 3.22. The summed E-state index contributed by atoms with van der Waals surface area (Å²) in [5.41, 5.74) is 1.87. The van der Waals surface area contributed by atoms with Gasteiger partial charge in [0.15, 0.2) is 5.69 Å². The van der Waals surface area contributed by atoms with E-state index in [1.54, 1.807) is 6.33 Å². The van der Waals surface area contributed by atoms with Crippen molar-refractivity contribution in [3.63, 3.8) is 0 Å². The largest absolute Gasteiger partial charge is 0.476 e. The highest BCUT2D eigenvalue weighted by molar-refractivity contribution is 5.93. The molecule has 2 saturated carbocycles. The third-order valence-corrected chi connectivity index (χ3v) is 5.10. The highest BCUT2D eigenvalue weighted by Crippen LogP contribution is 2.51. The molecule has 3 atom stereocenters. The number of carboxylic acid groups (broad SMARTS) is 1. The maximum atomic E-state index is 11.5. The van der Waals surface area contributed by atoms with Crippen molar-refractivity contribution >= 4 is 5.97 Å². The molecule has 4 heteroatoms. The van der Waals surface area contributed by atoms with Crippen molar-refractivity contribution in [1.29, 1.82) is 0 Å². The minimum absolute atomic E-state index is 0.170. The standard InChI is InChI=1S/C17H18N2O2/c20-17(21)15-16(12-4-2-1-3-5-12)19(10-18-15)14-9-11-6-7-13(14)8-11/h1-5,10-11,13-14H,6-9H2,(H,20,21). The smallest absolute Gasteiger partial charge is 0.356 e. The van der Waals surface area contributed by atoms with Gasteiger partial charge in [0.2, 0.25) is 0 Å². The molecule has 0 aliphatic heterocycles. The van der Waals surface area contributed by atoms with Gasteiger partial charge in [-0.1, -0.05) is 36.8 Å². The van der Waals surface area contributed by atoms with Crippen LogP contribution >= 0.6 is 0 Å². The molecular weight excluding hydrogens is 264 g/mol. The average molecular weight is 282 g/mol. The molecule has 3 unspecified atom stereocenters. The summed E-state index contributed by atoms with van der Waals surface area (Å²) in [6.07, 6.45) is 6.79. The lowest BCUT2D eigenvalue weighted by Gasteiger charge is -2.25. The first-order valence-electron chi connectivity index (χ1n) is 7.59. The van der Waals surface area contributed by atoms with E-state index in [4.69, 9.17) is 0 Å². The molecular formula is C17H18N2O2. The van der Waals surface area contributed by atoms with Gasteiger partial charge in [0.25, 0.3) is 0 Å². The van der Waals surface area contributed by atoms with Crippen LogP contribution in [0.3, 0.4) is 0 Å². The summed E-state index contributed by atoms with van der Waals surface area (Å²) in [5, 5.41) is 9.44. The van der Waals surface area contributed by atoms with Crippen LogP contribution in [0.5, 0.6) is 0 Å². The Balaban J connectivity index is 1.83. The van der Waals surface area contributed by atoms with Gasteiger partial charge in [-0.15, -0.1) is 0 Å². The first kappa shape index (κ1) is 12.6. The van der Waals surface area contributed by atoms with Crippen LogP contribution in [0.15, 0.2) is 36.7 Å². The third kappa shape index (κ3) is 1.97. The Kier molecular flexibility index (Phi) is 2.84. The highest BCUT2D eigenvalue weighted by Gasteiger charge is 2.41. The van der Waals surface area contributed by atoms with Crippen molar-refractivity contribution in [3.8, 4) is 11.3 Å². The number of hydrogen-bond donors (Lipinski definition) is 1. The lowest BCUT2D eigenvalue weighted by molar-refractivity contribution is 0.0692. The number of rotatable bonds is 3. The second-order valence-electron chi connectivity index (χ2n) is 6.26. The molecule has 0 spiro atoms. The third-order valence-electron chi connectivity index (χ3n) is 5.10. The molecule has 0 saturated heterocycles. The lowest BCUT2D eigenvalue weighted by Crippen LogP contribution is -2.17. The van der Waals surface area contributed by atoms with Crippen LogP contribution < -0.4 is 0 Å². The summed E-state index contributed by atoms with van der Waals surface area (Å²) < 4.78 is 2.13. The Hall–Kier alpha value is -2.10. The van der Waals surface area contributed by atoms with Gasteiger partial charge in [0.1, 0.15) is 0 Å². The summed E-state index contributed by atoms with van der Waals surface area (Å²) >= 11 is 0. The molecule has 1 aromatic heterocycles. The number of fused-ring (bicyclic) bond motifs is 2. The second kappa shape index (κ2) is 4.72. The van der Waals surface area contributed by atoms with Crippen molar-refractivity contribution in [2.24, 2.45) is 11.8 Å². The van der Waals surface area contributed by atoms with Crippen molar-refractivity contribution in [2.45, 2.75) is 31.7 Å². The van der Waals surface area contributed by atoms with Crippen LogP contribution in [-0.2, 0) is 0 Å². The van der Waals surface area contributed by atoms with Gasteiger partial charge in [0.05, 0.1) is 12.0 Å². The Morgan fingerprint density at radius 2 is 2.00 bits per heavy atom. The van der Waals surface area contributed by atoms with Crippen molar-refractivity contribution < 1.29 is 9.90 Å². The lowest BCUT2D eigenvalue weighted by atomic mass is 9.94. The van der Waals surface area contributed by atoms with Crippen molar-refractivity contribution in [2.75, 3.05) is 0 Å². The normalized spacial score (nSPS) is 27.1. The number of carbonyl (C=O) groups is 1. The molecule has 2 aromatic rings. The molecule has 1 aromatic carbocycles. The SMILES string of the molecule is O=C(O)c1ncn(C2CC3CCC2C3)c1-c1ccccc1. The zero-order valence-corrected chi connectivity index (χ0v) is 11.8.